The summed E-state index contributed by atoms with van der Waals surface area (Å²) >= 11 is 2.32. The summed E-state index contributed by atoms with van der Waals surface area (Å²) in [5.74, 6) is 0. The Labute approximate surface area is 94.7 Å². The van der Waals surface area contributed by atoms with Crippen LogP contribution in [0.25, 0.3) is 16.7 Å². The molecule has 2 heterocycles. The summed E-state index contributed by atoms with van der Waals surface area (Å²) < 4.78 is 3.35. The van der Waals surface area contributed by atoms with E-state index in [1.165, 1.54) is 9.09 Å². The molecule has 0 N–H and O–H groups in total. The van der Waals surface area contributed by atoms with Gasteiger partial charge in [0.25, 0.3) is 0 Å². The van der Waals surface area contributed by atoms with E-state index in [2.05, 4.69) is 50.2 Å². The van der Waals surface area contributed by atoms with Gasteiger partial charge in [0.1, 0.15) is 5.65 Å². The lowest BCUT2D eigenvalue weighted by molar-refractivity contribution is 1.23. The molecule has 0 amide bonds. The number of hydrogen-bond donors (Lipinski definition) is 0. The minimum atomic E-state index is 1.00. The molecule has 0 bridgehead atoms. The van der Waals surface area contributed by atoms with E-state index in [0.717, 1.165) is 11.2 Å². The fourth-order valence-electron chi connectivity index (χ4n) is 1.64. The minimum Gasteiger partial charge on any atom is -0.300 e. The van der Waals surface area contributed by atoms with Crippen LogP contribution in [0.2, 0.25) is 0 Å². The summed E-state index contributed by atoms with van der Waals surface area (Å²) in [7, 11) is 0. The summed E-state index contributed by atoms with van der Waals surface area (Å²) in [4.78, 5) is 4.52. The second-order valence-corrected chi connectivity index (χ2v) is 4.42. The third-order valence-corrected chi connectivity index (χ3v) is 2.94. The van der Waals surface area contributed by atoms with Gasteiger partial charge in [-0.25, -0.2) is 4.98 Å². The summed E-state index contributed by atoms with van der Waals surface area (Å²) in [5.41, 5.74) is 3.23. The fourth-order valence-corrected chi connectivity index (χ4v) is 2.11. The van der Waals surface area contributed by atoms with Gasteiger partial charge in [-0.2, -0.15) is 0 Å². The summed E-state index contributed by atoms with van der Waals surface area (Å²) in [5, 5.41) is 0. The predicted octanol–water partition coefficient (Wildman–Crippen LogP) is 3.09. The van der Waals surface area contributed by atoms with Crippen LogP contribution in [0, 0.1) is 3.57 Å². The molecule has 3 heteroatoms. The maximum Gasteiger partial charge on any atom is 0.137 e. The Morgan fingerprint density at radius 2 is 2.07 bits per heavy atom. The Balaban J connectivity index is 2.58. The number of halogens is 1. The lowest BCUT2D eigenvalue weighted by atomic mass is 10.3. The van der Waals surface area contributed by atoms with E-state index in [4.69, 9.17) is 0 Å². The molecule has 0 unspecified atom stereocenters. The van der Waals surface area contributed by atoms with Crippen LogP contribution in [0.1, 0.15) is 0 Å². The molecular formula is C11H7IN2. The van der Waals surface area contributed by atoms with Crippen molar-refractivity contribution in [2.24, 2.45) is 0 Å². The first-order valence-corrected chi connectivity index (χ1v) is 5.45. The third-order valence-electron chi connectivity index (χ3n) is 2.27. The van der Waals surface area contributed by atoms with Crippen LogP contribution in [0.5, 0.6) is 0 Å². The standard InChI is InChI=1S/C11H7IN2/c12-8-4-5-9-10(7-8)14-6-2-1-3-11(14)13-9/h1-7H. The number of pyridine rings is 1. The number of hydrogen-bond acceptors (Lipinski definition) is 1. The normalized spacial score (nSPS) is 11.2. The highest BCUT2D eigenvalue weighted by Crippen LogP contribution is 2.18. The molecule has 0 aliphatic rings. The van der Waals surface area contributed by atoms with Crippen LogP contribution in [-0.4, -0.2) is 9.38 Å². The highest BCUT2D eigenvalue weighted by atomic mass is 127. The molecule has 3 rings (SSSR count). The number of rotatable bonds is 0. The lowest BCUT2D eigenvalue weighted by Crippen LogP contribution is -1.81. The molecule has 0 spiro atoms. The topological polar surface area (TPSA) is 17.3 Å². The van der Waals surface area contributed by atoms with Crippen molar-refractivity contribution >= 4 is 39.3 Å². The zero-order chi connectivity index (χ0) is 9.54. The molecule has 0 aliphatic heterocycles. The Kier molecular flexibility index (Phi) is 1.73. The number of benzene rings is 1. The average Bonchev–Trinajstić information content (AvgIpc) is 2.56. The molecule has 1 aromatic carbocycles. The van der Waals surface area contributed by atoms with Gasteiger partial charge in [0.05, 0.1) is 11.0 Å². The summed E-state index contributed by atoms with van der Waals surface area (Å²) in [6.45, 7) is 0. The molecular weight excluding hydrogens is 287 g/mol. The maximum absolute atomic E-state index is 4.52. The van der Waals surface area contributed by atoms with Crippen molar-refractivity contribution in [3.63, 3.8) is 0 Å². The van der Waals surface area contributed by atoms with Gasteiger partial charge in [-0.15, -0.1) is 0 Å². The van der Waals surface area contributed by atoms with Gasteiger partial charge >= 0.3 is 0 Å². The van der Waals surface area contributed by atoms with Gasteiger partial charge in [-0.1, -0.05) is 6.07 Å². The van der Waals surface area contributed by atoms with E-state index in [1.54, 1.807) is 0 Å². The third kappa shape index (κ3) is 1.12. The van der Waals surface area contributed by atoms with Gasteiger partial charge in [0, 0.05) is 9.77 Å². The predicted molar refractivity (Wildman–Crippen MR) is 65.4 cm³/mol. The second-order valence-electron chi connectivity index (χ2n) is 3.17. The van der Waals surface area contributed by atoms with Gasteiger partial charge in [0.2, 0.25) is 0 Å². The largest absolute Gasteiger partial charge is 0.300 e. The molecule has 0 radical (unpaired) electrons. The van der Waals surface area contributed by atoms with Crippen molar-refractivity contribution in [3.8, 4) is 0 Å². The van der Waals surface area contributed by atoms with Gasteiger partial charge < -0.3 is 0 Å². The van der Waals surface area contributed by atoms with Gasteiger partial charge in [-0.3, -0.25) is 4.40 Å². The molecule has 0 saturated carbocycles. The van der Waals surface area contributed by atoms with Crippen molar-refractivity contribution in [2.45, 2.75) is 0 Å². The Hall–Kier alpha value is -1.10. The van der Waals surface area contributed by atoms with Crippen LogP contribution < -0.4 is 0 Å². The highest BCUT2D eigenvalue weighted by Gasteiger charge is 2.02. The fraction of sp³-hybridized carbons (Fsp3) is 0. The van der Waals surface area contributed by atoms with E-state index >= 15 is 0 Å². The maximum atomic E-state index is 4.52. The van der Waals surface area contributed by atoms with E-state index in [9.17, 15) is 0 Å². The van der Waals surface area contributed by atoms with Crippen molar-refractivity contribution < 1.29 is 0 Å². The van der Waals surface area contributed by atoms with Crippen LogP contribution >= 0.6 is 22.6 Å². The van der Waals surface area contributed by atoms with E-state index in [-0.39, 0.29) is 0 Å². The molecule has 0 atom stereocenters. The molecule has 0 aliphatic carbocycles. The van der Waals surface area contributed by atoms with Crippen molar-refractivity contribution in [1.82, 2.24) is 9.38 Å². The Morgan fingerprint density at radius 1 is 1.14 bits per heavy atom. The monoisotopic (exact) mass is 294 g/mol. The molecule has 2 nitrogen and oxygen atoms in total. The summed E-state index contributed by atoms with van der Waals surface area (Å²) in [6.07, 6.45) is 2.04. The first kappa shape index (κ1) is 8.23. The zero-order valence-corrected chi connectivity index (χ0v) is 9.47. The van der Waals surface area contributed by atoms with Crippen molar-refractivity contribution in [1.29, 1.82) is 0 Å². The van der Waals surface area contributed by atoms with Crippen LogP contribution in [-0.2, 0) is 0 Å². The molecule has 68 valence electrons. The highest BCUT2D eigenvalue weighted by molar-refractivity contribution is 14.1. The van der Waals surface area contributed by atoms with Crippen LogP contribution in [0.3, 0.4) is 0 Å². The van der Waals surface area contributed by atoms with E-state index in [1.807, 2.05) is 24.4 Å². The van der Waals surface area contributed by atoms with Crippen molar-refractivity contribution in [2.75, 3.05) is 0 Å². The number of aromatic nitrogens is 2. The Morgan fingerprint density at radius 3 is 3.00 bits per heavy atom. The van der Waals surface area contributed by atoms with Crippen molar-refractivity contribution in [3.05, 3.63) is 46.2 Å². The first-order chi connectivity index (χ1) is 6.84. The van der Waals surface area contributed by atoms with Crippen LogP contribution in [0.15, 0.2) is 42.6 Å². The van der Waals surface area contributed by atoms with E-state index in [0.29, 0.717) is 0 Å². The summed E-state index contributed by atoms with van der Waals surface area (Å²) in [6, 6.07) is 12.3. The lowest BCUT2D eigenvalue weighted by Gasteiger charge is -1.94. The SMILES string of the molecule is Ic1ccc2nc3ccccn3c2c1. The number of nitrogens with zero attached hydrogens (tertiary/aromatic N) is 2. The first-order valence-electron chi connectivity index (χ1n) is 4.37. The molecule has 14 heavy (non-hydrogen) atoms. The smallest absolute Gasteiger partial charge is 0.137 e. The zero-order valence-electron chi connectivity index (χ0n) is 7.31. The van der Waals surface area contributed by atoms with Gasteiger partial charge in [0.15, 0.2) is 0 Å². The number of imidazole rings is 1. The Bertz CT molecular complexity index is 613. The molecule has 0 fully saturated rings. The molecule has 3 aromatic rings. The quantitative estimate of drug-likeness (QED) is 0.582. The second kappa shape index (κ2) is 2.95. The van der Waals surface area contributed by atoms with E-state index < -0.39 is 0 Å². The van der Waals surface area contributed by atoms with Gasteiger partial charge in [-0.05, 0) is 52.9 Å². The molecule has 2 aromatic heterocycles. The molecule has 0 saturated heterocycles. The van der Waals surface area contributed by atoms with Crippen LogP contribution in [0.4, 0.5) is 0 Å². The number of fused-ring (bicyclic) bond motifs is 3. The average molecular weight is 294 g/mol. The minimum absolute atomic E-state index is 1.00.